The van der Waals surface area contributed by atoms with Crippen LogP contribution in [0.25, 0.3) is 0 Å². The van der Waals surface area contributed by atoms with E-state index >= 15 is 0 Å². The molecular formula is C44H79O13P. The zero-order chi connectivity index (χ0) is 43.3. The Morgan fingerprint density at radius 2 is 1.12 bits per heavy atom. The van der Waals surface area contributed by atoms with E-state index in [0.717, 1.165) is 50.9 Å². The van der Waals surface area contributed by atoms with E-state index in [9.17, 15) is 39.5 Å². The second-order valence-electron chi connectivity index (χ2n) is 15.4. The molecule has 0 fully saturated rings. The molecule has 0 aromatic heterocycles. The molecule has 0 bridgehead atoms. The van der Waals surface area contributed by atoms with Crippen LogP contribution in [0, 0.1) is 5.92 Å². The molecule has 13 nitrogen and oxygen atoms in total. The summed E-state index contributed by atoms with van der Waals surface area (Å²) in [5, 5.41) is 48.7. The molecule has 338 valence electrons. The summed E-state index contributed by atoms with van der Waals surface area (Å²) >= 11 is 0. The quantitative estimate of drug-likeness (QED) is 0.0150. The second kappa shape index (κ2) is 37.8. The van der Waals surface area contributed by atoms with Gasteiger partial charge in [0.05, 0.1) is 38.1 Å². The monoisotopic (exact) mass is 847 g/mol. The molecule has 0 heterocycles. The van der Waals surface area contributed by atoms with Crippen molar-refractivity contribution in [3.05, 3.63) is 48.6 Å². The number of hydrogen-bond donors (Lipinski definition) is 6. The number of esters is 2. The molecule has 0 aromatic carbocycles. The van der Waals surface area contributed by atoms with Gasteiger partial charge in [-0.3, -0.25) is 18.6 Å². The fourth-order valence-corrected chi connectivity index (χ4v) is 6.53. The molecule has 58 heavy (non-hydrogen) atoms. The van der Waals surface area contributed by atoms with Gasteiger partial charge >= 0.3 is 19.8 Å². The fourth-order valence-electron chi connectivity index (χ4n) is 5.74. The summed E-state index contributed by atoms with van der Waals surface area (Å²) in [6.07, 6.45) is 27.4. The van der Waals surface area contributed by atoms with E-state index < -0.39 is 76.7 Å². The van der Waals surface area contributed by atoms with Crippen LogP contribution in [-0.4, -0.2) is 99.3 Å². The first-order chi connectivity index (χ1) is 27.8. The summed E-state index contributed by atoms with van der Waals surface area (Å²) in [7, 11) is -4.70. The van der Waals surface area contributed by atoms with Crippen LogP contribution >= 0.6 is 7.82 Å². The number of phosphoric acid groups is 1. The summed E-state index contributed by atoms with van der Waals surface area (Å²) in [6.45, 7) is 4.19. The summed E-state index contributed by atoms with van der Waals surface area (Å²) in [4.78, 5) is 35.0. The van der Waals surface area contributed by atoms with Crippen molar-refractivity contribution in [3.8, 4) is 0 Å². The zero-order valence-corrected chi connectivity index (χ0v) is 36.6. The van der Waals surface area contributed by atoms with E-state index in [1.165, 1.54) is 63.9 Å². The van der Waals surface area contributed by atoms with Gasteiger partial charge in [0.25, 0.3) is 0 Å². The molecule has 1 unspecified atom stereocenters. The van der Waals surface area contributed by atoms with Crippen molar-refractivity contribution in [2.45, 2.75) is 186 Å². The highest BCUT2D eigenvalue weighted by atomic mass is 31.2. The molecule has 14 heteroatoms. The number of ether oxygens (including phenoxy) is 2. The lowest BCUT2D eigenvalue weighted by Gasteiger charge is -2.20. The predicted octanol–water partition coefficient (Wildman–Crippen LogP) is 8.10. The first kappa shape index (κ1) is 55.8. The van der Waals surface area contributed by atoms with Crippen LogP contribution in [0.5, 0.6) is 0 Å². The van der Waals surface area contributed by atoms with Gasteiger partial charge in [-0.1, -0.05) is 166 Å². The Morgan fingerprint density at radius 3 is 1.71 bits per heavy atom. The van der Waals surface area contributed by atoms with Crippen LogP contribution in [0.1, 0.15) is 156 Å². The number of aliphatic hydroxyl groups is 5. The maximum atomic E-state index is 12.6. The number of hydrogen-bond acceptors (Lipinski definition) is 12. The normalized spacial score (nSPS) is 16.0. The average molecular weight is 847 g/mol. The Morgan fingerprint density at radius 1 is 0.603 bits per heavy atom. The van der Waals surface area contributed by atoms with Crippen molar-refractivity contribution in [1.29, 1.82) is 0 Å². The number of carbonyl (C=O) groups excluding carboxylic acids is 2. The molecular weight excluding hydrogens is 767 g/mol. The van der Waals surface area contributed by atoms with Crippen LogP contribution in [0.2, 0.25) is 0 Å². The van der Waals surface area contributed by atoms with Gasteiger partial charge in [0.1, 0.15) is 12.7 Å². The van der Waals surface area contributed by atoms with Gasteiger partial charge in [-0.05, 0) is 31.6 Å². The third-order valence-electron chi connectivity index (χ3n) is 9.28. The molecule has 0 aliphatic carbocycles. The van der Waals surface area contributed by atoms with Crippen molar-refractivity contribution in [3.63, 3.8) is 0 Å². The van der Waals surface area contributed by atoms with E-state index in [2.05, 4.69) is 25.3 Å². The Hall–Kier alpha value is -2.19. The maximum absolute atomic E-state index is 12.6. The molecule has 0 aliphatic heterocycles. The molecule has 6 atom stereocenters. The minimum absolute atomic E-state index is 0.0977. The summed E-state index contributed by atoms with van der Waals surface area (Å²) in [6, 6.07) is 0. The van der Waals surface area contributed by atoms with E-state index in [1.54, 1.807) is 42.5 Å². The molecule has 0 saturated carbocycles. The summed E-state index contributed by atoms with van der Waals surface area (Å²) in [5.74, 6) is -0.468. The second-order valence-corrected chi connectivity index (χ2v) is 16.9. The first-order valence-corrected chi connectivity index (χ1v) is 23.3. The number of rotatable bonds is 39. The fraction of sp³-hybridized carbons (Fsp3) is 0.773. The largest absolute Gasteiger partial charge is 0.472 e. The van der Waals surface area contributed by atoms with Crippen LogP contribution in [0.3, 0.4) is 0 Å². The first-order valence-electron chi connectivity index (χ1n) is 21.8. The Bertz CT molecular complexity index is 1170. The molecule has 0 saturated heterocycles. The predicted molar refractivity (Wildman–Crippen MR) is 228 cm³/mol. The molecule has 0 amide bonds. The average Bonchev–Trinajstić information content (AvgIpc) is 3.18. The Labute approximate surface area is 349 Å². The van der Waals surface area contributed by atoms with Gasteiger partial charge in [0.15, 0.2) is 6.10 Å². The third kappa shape index (κ3) is 36.9. The van der Waals surface area contributed by atoms with Gasteiger partial charge in [-0.15, -0.1) is 0 Å². The topological polar surface area (TPSA) is 210 Å². The number of allylic oxidation sites excluding steroid dienone is 6. The lowest BCUT2D eigenvalue weighted by Crippen LogP contribution is -2.30. The minimum Gasteiger partial charge on any atom is -0.462 e. The van der Waals surface area contributed by atoms with Crippen molar-refractivity contribution in [2.24, 2.45) is 5.92 Å². The minimum atomic E-state index is -4.70. The molecule has 0 aliphatic rings. The highest BCUT2D eigenvalue weighted by Crippen LogP contribution is 2.43. The number of phosphoric ester groups is 1. The Kier molecular flexibility index (Phi) is 36.4. The molecule has 0 aromatic rings. The van der Waals surface area contributed by atoms with E-state index in [0.29, 0.717) is 6.42 Å². The Balaban J connectivity index is 4.62. The number of carbonyl (C=O) groups is 2. The van der Waals surface area contributed by atoms with Gasteiger partial charge in [0.2, 0.25) is 0 Å². The SMILES string of the molecule is CCCCC[C@@H](O)/C=C/C=C\C=C\C=C\[C@@H](O)[C@H](O)CCCC(=O)OC[C@H](COP(=O)(O)OC[C@@H](O)CO)OC(=O)CCCCCCCCCCCCCCC(C)C. The van der Waals surface area contributed by atoms with Crippen molar-refractivity contribution in [1.82, 2.24) is 0 Å². The van der Waals surface area contributed by atoms with Gasteiger partial charge in [-0.25, -0.2) is 4.57 Å². The standard InChI is InChI=1S/C44H79O13P/c1-4-5-20-27-38(46)28-22-17-14-15-18-23-29-41(48)42(49)30-25-32-43(50)54-35-40(36-56-58(52,53)55-34-39(47)33-45)57-44(51)31-24-19-13-11-9-7-6-8-10-12-16-21-26-37(2)3/h14-15,17-18,22-23,28-29,37-42,45-49H,4-13,16,19-21,24-27,30-36H2,1-3H3,(H,52,53)/b17-14-,18-15+,28-22+,29-23+/t38-,39+,40-,41-,42-/m1/s1. The number of aliphatic hydroxyl groups excluding tert-OH is 5. The smallest absolute Gasteiger partial charge is 0.462 e. The van der Waals surface area contributed by atoms with Gasteiger partial charge in [-0.2, -0.15) is 0 Å². The van der Waals surface area contributed by atoms with Crippen LogP contribution < -0.4 is 0 Å². The maximum Gasteiger partial charge on any atom is 0.472 e. The molecule has 0 radical (unpaired) electrons. The summed E-state index contributed by atoms with van der Waals surface area (Å²) < 4.78 is 32.5. The third-order valence-corrected chi connectivity index (χ3v) is 10.2. The molecule has 0 spiro atoms. The van der Waals surface area contributed by atoms with Crippen molar-refractivity contribution < 1.29 is 63.1 Å². The van der Waals surface area contributed by atoms with E-state index in [4.69, 9.17) is 19.1 Å². The highest BCUT2D eigenvalue weighted by molar-refractivity contribution is 7.47. The van der Waals surface area contributed by atoms with E-state index in [-0.39, 0.29) is 25.7 Å². The van der Waals surface area contributed by atoms with Gasteiger partial charge < -0.3 is 39.9 Å². The molecule has 6 N–H and O–H groups in total. The summed E-state index contributed by atoms with van der Waals surface area (Å²) in [5.41, 5.74) is 0. The van der Waals surface area contributed by atoms with Gasteiger partial charge in [0, 0.05) is 12.8 Å². The lowest BCUT2D eigenvalue weighted by molar-refractivity contribution is -0.161. The van der Waals surface area contributed by atoms with Crippen LogP contribution in [-0.2, 0) is 32.7 Å². The van der Waals surface area contributed by atoms with Crippen LogP contribution in [0.4, 0.5) is 0 Å². The lowest BCUT2D eigenvalue weighted by atomic mass is 10.0. The van der Waals surface area contributed by atoms with Crippen molar-refractivity contribution in [2.75, 3.05) is 26.4 Å². The van der Waals surface area contributed by atoms with Crippen molar-refractivity contribution >= 4 is 19.8 Å². The number of unbranched alkanes of at least 4 members (excludes halogenated alkanes) is 13. The van der Waals surface area contributed by atoms with E-state index in [1.807, 2.05) is 0 Å². The highest BCUT2D eigenvalue weighted by Gasteiger charge is 2.27. The molecule has 0 rings (SSSR count). The zero-order valence-electron chi connectivity index (χ0n) is 35.7. The van der Waals surface area contributed by atoms with Crippen LogP contribution in [0.15, 0.2) is 48.6 Å².